The van der Waals surface area contributed by atoms with Crippen molar-refractivity contribution in [3.63, 3.8) is 0 Å². The summed E-state index contributed by atoms with van der Waals surface area (Å²) in [4.78, 5) is 22.6. The lowest BCUT2D eigenvalue weighted by molar-refractivity contribution is 0.0524. The first-order valence-corrected chi connectivity index (χ1v) is 5.03. The highest BCUT2D eigenvalue weighted by molar-refractivity contribution is 6.33. The van der Waals surface area contributed by atoms with Crippen LogP contribution in [0.3, 0.4) is 0 Å². The number of methoxy groups -OCH3 is 1. The summed E-state index contributed by atoms with van der Waals surface area (Å²) in [6.07, 6.45) is 0. The standard InChI is InChI=1S/C11H11ClO4/c1-3-16-11(14)8-5-4-7(6-9(8)12)10(13)15-2/h4-6H,3H2,1-2H3. The minimum Gasteiger partial charge on any atom is -0.465 e. The summed E-state index contributed by atoms with van der Waals surface area (Å²) in [5, 5.41) is 0.168. The molecule has 0 radical (unpaired) electrons. The van der Waals surface area contributed by atoms with Crippen molar-refractivity contribution in [2.45, 2.75) is 6.92 Å². The largest absolute Gasteiger partial charge is 0.465 e. The molecule has 1 aromatic carbocycles. The second-order valence-electron chi connectivity index (χ2n) is 2.91. The van der Waals surface area contributed by atoms with Crippen molar-refractivity contribution >= 4 is 23.5 Å². The topological polar surface area (TPSA) is 52.6 Å². The molecule has 0 aromatic heterocycles. The lowest BCUT2D eigenvalue weighted by Gasteiger charge is -2.05. The van der Waals surface area contributed by atoms with Crippen molar-refractivity contribution in [1.29, 1.82) is 0 Å². The number of hydrogen-bond donors (Lipinski definition) is 0. The normalized spacial score (nSPS) is 9.69. The predicted molar refractivity (Wildman–Crippen MR) is 58.7 cm³/mol. The highest BCUT2D eigenvalue weighted by Crippen LogP contribution is 2.19. The summed E-state index contributed by atoms with van der Waals surface area (Å²) in [5.74, 6) is -1.01. The van der Waals surface area contributed by atoms with Crippen molar-refractivity contribution in [3.05, 3.63) is 34.3 Å². The van der Waals surface area contributed by atoms with E-state index in [9.17, 15) is 9.59 Å². The van der Waals surface area contributed by atoms with Crippen molar-refractivity contribution in [3.8, 4) is 0 Å². The molecule has 1 rings (SSSR count). The van der Waals surface area contributed by atoms with Crippen LogP contribution in [-0.4, -0.2) is 25.7 Å². The lowest BCUT2D eigenvalue weighted by Crippen LogP contribution is -2.07. The summed E-state index contributed by atoms with van der Waals surface area (Å²) >= 11 is 5.85. The quantitative estimate of drug-likeness (QED) is 0.764. The van der Waals surface area contributed by atoms with Gasteiger partial charge in [0, 0.05) is 0 Å². The monoisotopic (exact) mass is 242 g/mol. The van der Waals surface area contributed by atoms with E-state index in [0.29, 0.717) is 5.56 Å². The van der Waals surface area contributed by atoms with E-state index in [2.05, 4.69) is 4.74 Å². The number of rotatable bonds is 3. The van der Waals surface area contributed by atoms with Crippen LogP contribution in [0.25, 0.3) is 0 Å². The number of benzene rings is 1. The Morgan fingerprint density at radius 2 is 2.00 bits per heavy atom. The zero-order chi connectivity index (χ0) is 12.1. The van der Waals surface area contributed by atoms with E-state index in [0.717, 1.165) is 0 Å². The summed E-state index contributed by atoms with van der Waals surface area (Å²) in [6, 6.07) is 4.27. The fourth-order valence-electron chi connectivity index (χ4n) is 1.13. The smallest absolute Gasteiger partial charge is 0.339 e. The Hall–Kier alpha value is -1.55. The minimum absolute atomic E-state index is 0.168. The second-order valence-corrected chi connectivity index (χ2v) is 3.31. The van der Waals surface area contributed by atoms with Crippen molar-refractivity contribution in [1.82, 2.24) is 0 Å². The van der Waals surface area contributed by atoms with E-state index in [-0.39, 0.29) is 17.2 Å². The molecule has 0 saturated heterocycles. The fourth-order valence-corrected chi connectivity index (χ4v) is 1.39. The van der Waals surface area contributed by atoms with Crippen LogP contribution in [0.2, 0.25) is 5.02 Å². The molecule has 1 aromatic rings. The maximum Gasteiger partial charge on any atom is 0.339 e. The molecule has 0 saturated carbocycles. The maximum atomic E-state index is 11.4. The van der Waals surface area contributed by atoms with Crippen LogP contribution in [0.5, 0.6) is 0 Å². The van der Waals surface area contributed by atoms with Gasteiger partial charge in [0.1, 0.15) is 0 Å². The Kier molecular flexibility index (Phi) is 4.31. The minimum atomic E-state index is -0.510. The van der Waals surface area contributed by atoms with Crippen LogP contribution < -0.4 is 0 Å². The molecule has 0 bridgehead atoms. The molecular formula is C11H11ClO4. The molecule has 0 unspecified atom stereocenters. The average molecular weight is 243 g/mol. The van der Waals surface area contributed by atoms with Gasteiger partial charge in [-0.15, -0.1) is 0 Å². The first-order chi connectivity index (χ1) is 7.60. The zero-order valence-corrected chi connectivity index (χ0v) is 9.71. The molecular weight excluding hydrogens is 232 g/mol. The Balaban J connectivity index is 3.00. The number of carbonyl (C=O) groups excluding carboxylic acids is 2. The van der Waals surface area contributed by atoms with Gasteiger partial charge in [-0.25, -0.2) is 9.59 Å². The summed E-state index contributed by atoms with van der Waals surface area (Å²) in [6.45, 7) is 1.97. The van der Waals surface area contributed by atoms with E-state index in [4.69, 9.17) is 16.3 Å². The van der Waals surface area contributed by atoms with Crippen LogP contribution in [-0.2, 0) is 9.47 Å². The number of carbonyl (C=O) groups is 2. The Morgan fingerprint density at radius 1 is 1.31 bits per heavy atom. The predicted octanol–water partition coefficient (Wildman–Crippen LogP) is 2.30. The molecule has 0 N–H and O–H groups in total. The van der Waals surface area contributed by atoms with Gasteiger partial charge in [-0.3, -0.25) is 0 Å². The number of hydrogen-bond acceptors (Lipinski definition) is 4. The number of halogens is 1. The van der Waals surface area contributed by atoms with Crippen LogP contribution in [0.4, 0.5) is 0 Å². The number of esters is 2. The molecule has 86 valence electrons. The molecule has 0 aliphatic carbocycles. The van der Waals surface area contributed by atoms with Gasteiger partial charge >= 0.3 is 11.9 Å². The van der Waals surface area contributed by atoms with E-state index >= 15 is 0 Å². The molecule has 0 aliphatic rings. The van der Waals surface area contributed by atoms with Gasteiger partial charge in [0.05, 0.1) is 29.9 Å². The third kappa shape index (κ3) is 2.73. The van der Waals surface area contributed by atoms with Crippen LogP contribution in [0.15, 0.2) is 18.2 Å². The molecule has 16 heavy (non-hydrogen) atoms. The highest BCUT2D eigenvalue weighted by atomic mass is 35.5. The van der Waals surface area contributed by atoms with Gasteiger partial charge in [-0.1, -0.05) is 11.6 Å². The van der Waals surface area contributed by atoms with Crippen LogP contribution >= 0.6 is 11.6 Å². The van der Waals surface area contributed by atoms with Gasteiger partial charge < -0.3 is 9.47 Å². The second kappa shape index (κ2) is 5.51. The third-order valence-corrected chi connectivity index (χ3v) is 2.20. The molecule has 4 nitrogen and oxygen atoms in total. The number of ether oxygens (including phenoxy) is 2. The molecule has 0 amide bonds. The summed E-state index contributed by atoms with van der Waals surface area (Å²) < 4.78 is 9.32. The SMILES string of the molecule is CCOC(=O)c1ccc(C(=O)OC)cc1Cl. The average Bonchev–Trinajstić information content (AvgIpc) is 2.28. The zero-order valence-electron chi connectivity index (χ0n) is 8.95. The van der Waals surface area contributed by atoms with E-state index in [1.165, 1.54) is 25.3 Å². The first-order valence-electron chi connectivity index (χ1n) is 4.65. The molecule has 0 fully saturated rings. The summed E-state index contributed by atoms with van der Waals surface area (Å²) in [5.41, 5.74) is 0.525. The van der Waals surface area contributed by atoms with Gasteiger partial charge in [0.2, 0.25) is 0 Å². The van der Waals surface area contributed by atoms with Crippen molar-refractivity contribution in [2.75, 3.05) is 13.7 Å². The van der Waals surface area contributed by atoms with Crippen molar-refractivity contribution in [2.24, 2.45) is 0 Å². The Morgan fingerprint density at radius 3 is 2.50 bits per heavy atom. The van der Waals surface area contributed by atoms with E-state index < -0.39 is 11.9 Å². The van der Waals surface area contributed by atoms with E-state index in [1.54, 1.807) is 6.92 Å². The molecule has 0 heterocycles. The Bertz CT molecular complexity index is 414. The molecule has 0 aliphatic heterocycles. The fraction of sp³-hybridized carbons (Fsp3) is 0.273. The third-order valence-electron chi connectivity index (χ3n) is 1.89. The van der Waals surface area contributed by atoms with Gasteiger partial charge in [-0.05, 0) is 25.1 Å². The van der Waals surface area contributed by atoms with Gasteiger partial charge in [-0.2, -0.15) is 0 Å². The van der Waals surface area contributed by atoms with Crippen molar-refractivity contribution < 1.29 is 19.1 Å². The first kappa shape index (κ1) is 12.5. The molecule has 5 heteroatoms. The van der Waals surface area contributed by atoms with Crippen LogP contribution in [0, 0.1) is 0 Å². The van der Waals surface area contributed by atoms with Gasteiger partial charge in [0.25, 0.3) is 0 Å². The van der Waals surface area contributed by atoms with E-state index in [1.807, 2.05) is 0 Å². The maximum absolute atomic E-state index is 11.4. The van der Waals surface area contributed by atoms with Gasteiger partial charge in [0.15, 0.2) is 0 Å². The van der Waals surface area contributed by atoms with Crippen LogP contribution in [0.1, 0.15) is 27.6 Å². The molecule has 0 spiro atoms. The Labute approximate surface area is 98.1 Å². The summed E-state index contributed by atoms with van der Waals surface area (Å²) in [7, 11) is 1.27. The highest BCUT2D eigenvalue weighted by Gasteiger charge is 2.14. The lowest BCUT2D eigenvalue weighted by atomic mass is 10.1. The molecule has 0 atom stereocenters.